The molecule has 14 aromatic carbocycles. The third-order valence-corrected chi connectivity index (χ3v) is 29.9. The van der Waals surface area contributed by atoms with E-state index >= 15 is 0 Å². The van der Waals surface area contributed by atoms with Crippen molar-refractivity contribution in [2.45, 2.75) is 200 Å². The molecule has 14 rings (SSSR count). The summed E-state index contributed by atoms with van der Waals surface area (Å²) < 4.78 is 0.261. The molecule has 682 valence electrons. The van der Waals surface area contributed by atoms with Crippen LogP contribution in [0.1, 0.15) is 331 Å². The summed E-state index contributed by atoms with van der Waals surface area (Å²) >= 11 is 5.05. The summed E-state index contributed by atoms with van der Waals surface area (Å²) in [5.41, 5.74) is 19.9. The van der Waals surface area contributed by atoms with E-state index in [9.17, 15) is 71.5 Å². The van der Waals surface area contributed by atoms with Crippen LogP contribution in [0.25, 0.3) is 0 Å². The highest BCUT2D eigenvalue weighted by Gasteiger charge is 2.34. The van der Waals surface area contributed by atoms with Crippen LogP contribution in [0.3, 0.4) is 0 Å². The Morgan fingerprint density at radius 2 is 0.348 bits per heavy atom. The van der Waals surface area contributed by atoms with Crippen LogP contribution < -0.4 is 0 Å². The summed E-state index contributed by atoms with van der Waals surface area (Å²) in [6.07, 6.45) is 2.13. The summed E-state index contributed by atoms with van der Waals surface area (Å²) in [7, 11) is 0. The van der Waals surface area contributed by atoms with E-state index in [4.69, 9.17) is 0 Å². The van der Waals surface area contributed by atoms with Crippen LogP contribution >= 0.6 is 45.2 Å². The van der Waals surface area contributed by atoms with E-state index in [0.29, 0.717) is 74.0 Å². The lowest BCUT2D eigenvalue weighted by molar-refractivity contribution is 0.444. The lowest BCUT2D eigenvalue weighted by Crippen LogP contribution is -2.17. The molecular formula is C116H120I2O14. The van der Waals surface area contributed by atoms with Crippen LogP contribution in [-0.4, -0.2) is 79.3 Å². The number of alkyl halides is 2. The number of aromatic hydroxyl groups is 14. The Balaban J connectivity index is 0.801. The fourth-order valence-electron chi connectivity index (χ4n) is 19.6. The molecule has 0 amide bonds. The molecule has 0 aliphatic carbocycles. The zero-order chi connectivity index (χ0) is 94.7. The number of phenolic OH excluding ortho intramolecular Hbond substituents is 14. The summed E-state index contributed by atoms with van der Waals surface area (Å²) in [5, 5.41) is 160. The molecule has 0 aromatic heterocycles. The first-order valence-corrected chi connectivity index (χ1v) is 48.1. The average Bonchev–Trinajstić information content (AvgIpc) is 0.768. The predicted molar refractivity (Wildman–Crippen MR) is 545 cm³/mol. The van der Waals surface area contributed by atoms with E-state index in [0.717, 1.165) is 84.3 Å². The number of rotatable bonds is 32. The number of benzene rings is 14. The van der Waals surface area contributed by atoms with Crippen LogP contribution in [0.2, 0.25) is 0 Å². The first-order valence-electron chi connectivity index (χ1n) is 45.7. The highest BCUT2D eigenvalue weighted by atomic mass is 127. The molecule has 16 atom stereocenters. The third-order valence-electron chi connectivity index (χ3n) is 28.5. The second kappa shape index (κ2) is 40.8. The van der Waals surface area contributed by atoms with Crippen molar-refractivity contribution in [1.82, 2.24) is 0 Å². The number of hydrogen-bond acceptors (Lipinski definition) is 14. The summed E-state index contributed by atoms with van der Waals surface area (Å²) in [6.45, 7) is 26.8. The molecule has 0 radical (unpaired) electrons. The van der Waals surface area contributed by atoms with Crippen LogP contribution in [-0.2, 0) is 0 Å². The van der Waals surface area contributed by atoms with Crippen molar-refractivity contribution in [2.75, 3.05) is 0 Å². The Bertz CT molecular complexity index is 6430. The van der Waals surface area contributed by atoms with Crippen LogP contribution in [0.5, 0.6) is 80.5 Å². The molecule has 0 aliphatic rings. The Hall–Kier alpha value is -12.3. The minimum Gasteiger partial charge on any atom is -0.508 e. The normalized spacial score (nSPS) is 15.4. The first kappa shape index (κ1) is 95.8. The maximum absolute atomic E-state index is 13.2. The van der Waals surface area contributed by atoms with Gasteiger partial charge < -0.3 is 71.5 Å². The smallest absolute Gasteiger partial charge is 0.123 e. The van der Waals surface area contributed by atoms with Crippen molar-refractivity contribution < 1.29 is 71.5 Å². The molecule has 16 unspecified atom stereocenters. The monoisotopic (exact) mass is 1990 g/mol. The van der Waals surface area contributed by atoms with Crippen molar-refractivity contribution in [3.63, 3.8) is 0 Å². The lowest BCUT2D eigenvalue weighted by atomic mass is 9.75. The Labute approximate surface area is 802 Å². The second-order valence-corrected chi connectivity index (χ2v) is 41.0. The minimum atomic E-state index is -0.475. The lowest BCUT2D eigenvalue weighted by Gasteiger charge is -2.31. The fourth-order valence-corrected chi connectivity index (χ4v) is 21.0. The Morgan fingerprint density at radius 1 is 0.174 bits per heavy atom. The number of hydrogen-bond donors (Lipinski definition) is 14. The molecule has 0 saturated carbocycles. The molecular weight excluding hydrogens is 1870 g/mol. The zero-order valence-corrected chi connectivity index (χ0v) is 81.2. The van der Waals surface area contributed by atoms with Crippen LogP contribution in [0.4, 0.5) is 0 Å². The predicted octanol–water partition coefficient (Wildman–Crippen LogP) is 28.7. The molecule has 16 heteroatoms. The van der Waals surface area contributed by atoms with Gasteiger partial charge in [-0.05, 0) is 218 Å². The third kappa shape index (κ3) is 21.0. The van der Waals surface area contributed by atoms with Gasteiger partial charge in [0.1, 0.15) is 80.5 Å². The summed E-state index contributed by atoms with van der Waals surface area (Å²) in [5.74, 6) is -2.64. The van der Waals surface area contributed by atoms with Crippen molar-refractivity contribution in [3.05, 3.63) is 412 Å². The largest absolute Gasteiger partial charge is 0.508 e. The molecule has 0 fully saturated rings. The SMILES string of the molecule is CC(I)CC(CC(CC(c1ccc(O)c(C(C)c2cc(C(C)c3ccc(O)cc3)c(O)c(C(C)c3ccc(O)c(C(C)c4ccc(O)c(C(C)c5ccc(O)cc5)c4)c3)c2)c1)C(C)I)c1ccc(O)cc1)c1ccc(O)c(C(C)c2cc(C(C)c3ccc(O)c(C(C)c4ccc(O)cc4)c3)c(O)c(C(C)c3ccc(O)c(C(C)c4ccc(O)c(C(C)c5ccc(O)cc5)c4)c3)c2)c1. The summed E-state index contributed by atoms with van der Waals surface area (Å²) in [6, 6.07) is 83.2. The molecule has 0 bridgehead atoms. The number of phenols is 14. The quantitative estimate of drug-likeness (QED) is 0.0138. The first-order chi connectivity index (χ1) is 62.9. The standard InChI is InChI=1S/C116H120I2O14/c1-62(117)48-89(85-29-46-113(129)101(55-85)72(11)88-59-105(69(8)82-26-43-110(126)98(52-82)65(4)77-18-35-93(121)36-19-77)116(132)106(60-88)71(10)84-28-45-112(128)100(54-84)68(7)81-25-42-109(125)97(51-81)64(3)76-16-33-92(120)34-17-76)49-90(79-22-39-95(123)40-23-79)61-107(74(13)118)86-30-47-114(130)102(56-86)73(12)87-57-103(66(5)78-20-37-94(122)38-21-78)115(131)104(58-87)70(9)83-27-44-111(127)99(53-83)67(6)80-24-41-108(124)96(50-80)63(2)75-14-31-91(119)32-15-75/h14-47,50-60,62-74,89-90,107,119-132H,48-49,61H2,1-13H3. The van der Waals surface area contributed by atoms with Gasteiger partial charge in [-0.3, -0.25) is 0 Å². The zero-order valence-electron chi connectivity index (χ0n) is 76.9. The summed E-state index contributed by atoms with van der Waals surface area (Å²) in [4.78, 5) is 0. The molecule has 0 saturated heterocycles. The number of halogens is 2. The second-order valence-electron chi connectivity index (χ2n) is 36.9. The molecule has 0 aliphatic heterocycles. The van der Waals surface area contributed by atoms with E-state index < -0.39 is 29.6 Å². The van der Waals surface area contributed by atoms with Gasteiger partial charge in [0.15, 0.2) is 0 Å². The van der Waals surface area contributed by atoms with Gasteiger partial charge >= 0.3 is 0 Å². The minimum absolute atomic E-state index is 0.0577. The van der Waals surface area contributed by atoms with Gasteiger partial charge in [-0.1, -0.05) is 305 Å². The highest BCUT2D eigenvalue weighted by molar-refractivity contribution is 14.1. The van der Waals surface area contributed by atoms with E-state index in [1.165, 1.54) is 0 Å². The maximum atomic E-state index is 13.2. The molecule has 14 aromatic rings. The average molecular weight is 1990 g/mol. The van der Waals surface area contributed by atoms with Crippen molar-refractivity contribution in [2.24, 2.45) is 0 Å². The van der Waals surface area contributed by atoms with Crippen molar-refractivity contribution in [3.8, 4) is 80.5 Å². The van der Waals surface area contributed by atoms with Crippen LogP contribution in [0.15, 0.2) is 273 Å². The molecule has 14 N–H and O–H groups in total. The van der Waals surface area contributed by atoms with Gasteiger partial charge in [0.2, 0.25) is 0 Å². The Kier molecular flexibility index (Phi) is 29.7. The van der Waals surface area contributed by atoms with E-state index in [1.54, 1.807) is 103 Å². The van der Waals surface area contributed by atoms with Gasteiger partial charge in [-0.15, -0.1) is 0 Å². The van der Waals surface area contributed by atoms with Gasteiger partial charge in [0.25, 0.3) is 0 Å². The maximum Gasteiger partial charge on any atom is 0.123 e. The van der Waals surface area contributed by atoms with Gasteiger partial charge in [0.05, 0.1) is 0 Å². The van der Waals surface area contributed by atoms with Crippen LogP contribution in [0, 0.1) is 0 Å². The molecule has 0 heterocycles. The van der Waals surface area contributed by atoms with Gasteiger partial charge in [0, 0.05) is 134 Å². The van der Waals surface area contributed by atoms with Gasteiger partial charge in [-0.2, -0.15) is 0 Å². The Morgan fingerprint density at radius 3 is 0.598 bits per heavy atom. The van der Waals surface area contributed by atoms with Crippen molar-refractivity contribution in [1.29, 1.82) is 0 Å². The fraction of sp³-hybridized carbons (Fsp3) is 0.276. The van der Waals surface area contributed by atoms with E-state index in [1.807, 2.05) is 220 Å². The molecule has 14 nitrogen and oxygen atoms in total. The van der Waals surface area contributed by atoms with Gasteiger partial charge in [-0.25, -0.2) is 0 Å². The topological polar surface area (TPSA) is 283 Å². The molecule has 0 spiro atoms. The van der Waals surface area contributed by atoms with E-state index in [2.05, 4.69) is 85.0 Å². The van der Waals surface area contributed by atoms with Crippen molar-refractivity contribution >= 4 is 45.2 Å². The highest BCUT2D eigenvalue weighted by Crippen LogP contribution is 2.52. The van der Waals surface area contributed by atoms with E-state index in [-0.39, 0.29) is 142 Å². The molecule has 132 heavy (non-hydrogen) atoms.